The Bertz CT molecular complexity index is 401. The van der Waals surface area contributed by atoms with E-state index in [1.165, 1.54) is 17.5 Å². The summed E-state index contributed by atoms with van der Waals surface area (Å²) in [5.41, 5.74) is 3.41. The van der Waals surface area contributed by atoms with E-state index in [-0.39, 0.29) is 5.78 Å². The minimum Gasteiger partial charge on any atom is -0.293 e. The maximum atomic E-state index is 11.9. The second-order valence-corrected chi connectivity index (χ2v) is 5.05. The predicted molar refractivity (Wildman–Crippen MR) is 67.8 cm³/mol. The normalized spacial score (nSPS) is 15.9. The van der Waals surface area contributed by atoms with Crippen molar-refractivity contribution >= 4 is 29.0 Å². The molecule has 0 aromatic heterocycles. The number of fused-ring (bicyclic) bond motifs is 1. The molecular formula is C13H14Cl2O. The molecule has 16 heavy (non-hydrogen) atoms. The van der Waals surface area contributed by atoms with Gasteiger partial charge in [0.1, 0.15) is 0 Å². The van der Waals surface area contributed by atoms with Gasteiger partial charge in [-0.3, -0.25) is 4.79 Å². The van der Waals surface area contributed by atoms with E-state index in [4.69, 9.17) is 23.2 Å². The van der Waals surface area contributed by atoms with Gasteiger partial charge in [-0.05, 0) is 42.9 Å². The van der Waals surface area contributed by atoms with Gasteiger partial charge in [-0.15, -0.1) is 23.2 Å². The summed E-state index contributed by atoms with van der Waals surface area (Å²) >= 11 is 11.6. The van der Waals surface area contributed by atoms with Crippen LogP contribution in [0, 0.1) is 0 Å². The number of carbonyl (C=O) groups excluding carboxylic acids is 1. The van der Waals surface area contributed by atoms with Crippen LogP contribution in [0.5, 0.6) is 0 Å². The number of ketones is 1. The van der Waals surface area contributed by atoms with Crippen molar-refractivity contribution in [1.82, 2.24) is 0 Å². The van der Waals surface area contributed by atoms with Crippen LogP contribution in [0.15, 0.2) is 18.2 Å². The number of hydrogen-bond acceptors (Lipinski definition) is 1. The zero-order valence-corrected chi connectivity index (χ0v) is 10.5. The summed E-state index contributed by atoms with van der Waals surface area (Å²) in [4.78, 5) is 11.9. The number of carbonyl (C=O) groups is 1. The standard InChI is InChI=1S/C13H14Cl2O/c14-7-6-12(15)13(16)11-5-4-9-2-1-3-10(9)8-11/h4-5,8,12H,1-3,6-7H2. The van der Waals surface area contributed by atoms with Crippen molar-refractivity contribution in [2.24, 2.45) is 0 Å². The van der Waals surface area contributed by atoms with Gasteiger partial charge in [0.25, 0.3) is 0 Å². The van der Waals surface area contributed by atoms with Gasteiger partial charge >= 0.3 is 0 Å². The summed E-state index contributed by atoms with van der Waals surface area (Å²) in [5.74, 6) is 0.419. The molecule has 86 valence electrons. The van der Waals surface area contributed by atoms with Gasteiger partial charge in [0.05, 0.1) is 5.38 Å². The molecule has 0 amide bonds. The van der Waals surface area contributed by atoms with Crippen molar-refractivity contribution in [2.75, 3.05) is 5.88 Å². The topological polar surface area (TPSA) is 17.1 Å². The van der Waals surface area contributed by atoms with Gasteiger partial charge in [-0.1, -0.05) is 12.1 Å². The molecule has 1 nitrogen and oxygen atoms in total. The first-order valence-corrected chi connectivity index (χ1v) is 6.55. The van der Waals surface area contributed by atoms with E-state index in [0.717, 1.165) is 18.4 Å². The molecule has 3 heteroatoms. The van der Waals surface area contributed by atoms with E-state index in [1.54, 1.807) is 0 Å². The average Bonchev–Trinajstić information content (AvgIpc) is 2.75. The molecule has 0 saturated carbocycles. The Hall–Kier alpha value is -0.530. The monoisotopic (exact) mass is 256 g/mol. The lowest BCUT2D eigenvalue weighted by Crippen LogP contribution is -2.15. The van der Waals surface area contributed by atoms with Crippen LogP contribution in [0.25, 0.3) is 0 Å². The van der Waals surface area contributed by atoms with Gasteiger partial charge in [0.15, 0.2) is 5.78 Å². The third-order valence-electron chi connectivity index (χ3n) is 3.03. The van der Waals surface area contributed by atoms with E-state index in [0.29, 0.717) is 12.3 Å². The van der Waals surface area contributed by atoms with Gasteiger partial charge < -0.3 is 0 Å². The zero-order valence-electron chi connectivity index (χ0n) is 9.01. The fraction of sp³-hybridized carbons (Fsp3) is 0.462. The SMILES string of the molecule is O=C(c1ccc2c(c1)CCC2)C(Cl)CCCl. The van der Waals surface area contributed by atoms with Crippen molar-refractivity contribution in [3.05, 3.63) is 34.9 Å². The Labute approximate surface area is 106 Å². The fourth-order valence-electron chi connectivity index (χ4n) is 2.13. The average molecular weight is 257 g/mol. The Morgan fingerprint density at radius 3 is 2.81 bits per heavy atom. The molecule has 0 saturated heterocycles. The summed E-state index contributed by atoms with van der Waals surface area (Å²) in [6.45, 7) is 0. The van der Waals surface area contributed by atoms with Crippen LogP contribution in [0.1, 0.15) is 34.3 Å². The fourth-order valence-corrected chi connectivity index (χ4v) is 2.70. The summed E-state index contributed by atoms with van der Waals surface area (Å²) in [5, 5.41) is -0.489. The first-order valence-electron chi connectivity index (χ1n) is 5.58. The van der Waals surface area contributed by atoms with Crippen molar-refractivity contribution in [2.45, 2.75) is 31.1 Å². The number of halogens is 2. The van der Waals surface area contributed by atoms with Crippen LogP contribution < -0.4 is 0 Å². The second kappa shape index (κ2) is 5.20. The maximum absolute atomic E-state index is 11.9. The Kier molecular flexibility index (Phi) is 3.88. The number of Topliss-reactive ketones (excluding diaryl/α,β-unsaturated/α-hetero) is 1. The largest absolute Gasteiger partial charge is 0.293 e. The summed E-state index contributed by atoms with van der Waals surface area (Å²) in [6.07, 6.45) is 3.94. The van der Waals surface area contributed by atoms with Gasteiger partial charge in [-0.2, -0.15) is 0 Å². The molecule has 0 aliphatic heterocycles. The molecular weight excluding hydrogens is 243 g/mol. The Balaban J connectivity index is 2.18. The van der Waals surface area contributed by atoms with E-state index < -0.39 is 5.38 Å². The molecule has 1 aromatic rings. The van der Waals surface area contributed by atoms with Crippen molar-refractivity contribution < 1.29 is 4.79 Å². The summed E-state index contributed by atoms with van der Waals surface area (Å²) < 4.78 is 0. The van der Waals surface area contributed by atoms with Crippen LogP contribution in [0.3, 0.4) is 0 Å². The molecule has 0 N–H and O–H groups in total. The minimum atomic E-state index is -0.489. The maximum Gasteiger partial charge on any atom is 0.180 e. The lowest BCUT2D eigenvalue weighted by Gasteiger charge is -2.08. The van der Waals surface area contributed by atoms with Gasteiger partial charge in [0, 0.05) is 11.4 Å². The lowest BCUT2D eigenvalue weighted by atomic mass is 10.0. The molecule has 1 aliphatic carbocycles. The highest BCUT2D eigenvalue weighted by atomic mass is 35.5. The van der Waals surface area contributed by atoms with Gasteiger partial charge in [0.2, 0.25) is 0 Å². The number of hydrogen-bond donors (Lipinski definition) is 0. The molecule has 0 heterocycles. The van der Waals surface area contributed by atoms with E-state index in [1.807, 2.05) is 12.1 Å². The Morgan fingerprint density at radius 2 is 2.06 bits per heavy atom. The van der Waals surface area contributed by atoms with Crippen LogP contribution in [-0.4, -0.2) is 17.0 Å². The lowest BCUT2D eigenvalue weighted by molar-refractivity contribution is 0.0986. The molecule has 1 atom stereocenters. The number of aryl methyl sites for hydroxylation is 2. The van der Waals surface area contributed by atoms with Gasteiger partial charge in [-0.25, -0.2) is 0 Å². The smallest absolute Gasteiger partial charge is 0.180 e. The molecule has 0 radical (unpaired) electrons. The summed E-state index contributed by atoms with van der Waals surface area (Å²) in [7, 11) is 0. The predicted octanol–water partition coefficient (Wildman–Crippen LogP) is 3.59. The Morgan fingerprint density at radius 1 is 1.31 bits per heavy atom. The van der Waals surface area contributed by atoms with E-state index >= 15 is 0 Å². The number of rotatable bonds is 4. The molecule has 1 aromatic carbocycles. The van der Waals surface area contributed by atoms with Crippen LogP contribution >= 0.6 is 23.2 Å². The van der Waals surface area contributed by atoms with Crippen LogP contribution in [0.2, 0.25) is 0 Å². The van der Waals surface area contributed by atoms with Crippen LogP contribution in [0.4, 0.5) is 0 Å². The first-order chi connectivity index (χ1) is 7.72. The molecule has 0 spiro atoms. The second-order valence-electron chi connectivity index (χ2n) is 4.15. The molecule has 0 fully saturated rings. The van der Waals surface area contributed by atoms with Crippen LogP contribution in [-0.2, 0) is 12.8 Å². The molecule has 0 bridgehead atoms. The van der Waals surface area contributed by atoms with Crippen molar-refractivity contribution in [1.29, 1.82) is 0 Å². The third-order valence-corrected chi connectivity index (χ3v) is 3.66. The van der Waals surface area contributed by atoms with Crippen molar-refractivity contribution in [3.8, 4) is 0 Å². The highest BCUT2D eigenvalue weighted by Gasteiger charge is 2.19. The zero-order chi connectivity index (χ0) is 11.5. The number of alkyl halides is 2. The highest BCUT2D eigenvalue weighted by Crippen LogP contribution is 2.24. The quantitative estimate of drug-likeness (QED) is 0.595. The minimum absolute atomic E-state index is 0.00276. The number of benzene rings is 1. The summed E-state index contributed by atoms with van der Waals surface area (Å²) in [6, 6.07) is 5.93. The first kappa shape index (κ1) is 11.9. The third kappa shape index (κ3) is 2.41. The van der Waals surface area contributed by atoms with E-state index in [2.05, 4.69) is 6.07 Å². The molecule has 2 rings (SSSR count). The molecule has 1 aliphatic rings. The molecule has 1 unspecified atom stereocenters. The van der Waals surface area contributed by atoms with E-state index in [9.17, 15) is 4.79 Å². The highest BCUT2D eigenvalue weighted by molar-refractivity contribution is 6.34. The van der Waals surface area contributed by atoms with Crippen molar-refractivity contribution in [3.63, 3.8) is 0 Å².